The van der Waals surface area contributed by atoms with Gasteiger partial charge >= 0.3 is 45.3 Å². The molecule has 8 aliphatic carbocycles. The number of esters is 2. The van der Waals surface area contributed by atoms with Gasteiger partial charge in [-0.3, -0.25) is 14.1 Å². The first-order valence-corrected chi connectivity index (χ1v) is 25.3. The van der Waals surface area contributed by atoms with Crippen LogP contribution < -0.4 is 9.47 Å². The first kappa shape index (κ1) is 52.2. The summed E-state index contributed by atoms with van der Waals surface area (Å²) >= 11 is 4.91. The van der Waals surface area contributed by atoms with Crippen molar-refractivity contribution in [1.82, 2.24) is 0 Å². The molecule has 0 aromatic heterocycles. The molecule has 0 amide bonds. The monoisotopic (exact) mass is 1030 g/mol. The molecule has 3 aromatic rings. The van der Waals surface area contributed by atoms with E-state index in [-0.39, 0.29) is 36.4 Å². The van der Waals surface area contributed by atoms with E-state index in [0.29, 0.717) is 48.0 Å². The normalized spacial score (nSPS) is 30.1. The van der Waals surface area contributed by atoms with Crippen molar-refractivity contribution in [1.29, 1.82) is 0 Å². The Labute approximate surface area is 405 Å². The number of hydrogen-bond donors (Lipinski definition) is 2. The molecular formula is C50H55F9O9S2. The van der Waals surface area contributed by atoms with E-state index in [2.05, 4.69) is 13.8 Å². The molecule has 0 atom stereocenters. The van der Waals surface area contributed by atoms with Crippen molar-refractivity contribution in [2.75, 3.05) is 13.6 Å². The van der Waals surface area contributed by atoms with Crippen LogP contribution in [0.3, 0.4) is 0 Å². The molecule has 70 heavy (non-hydrogen) atoms. The van der Waals surface area contributed by atoms with Crippen molar-refractivity contribution in [2.24, 2.45) is 58.2 Å². The first-order valence-electron chi connectivity index (χ1n) is 23.4. The number of alkyl halides is 9. The molecule has 0 unspecified atom stereocenters. The van der Waals surface area contributed by atoms with Gasteiger partial charge in [0, 0.05) is 21.6 Å². The maximum absolute atomic E-state index is 13.3. The maximum Gasteiger partial charge on any atom is 0.460 e. The van der Waals surface area contributed by atoms with Crippen molar-refractivity contribution >= 4 is 34.7 Å². The Morgan fingerprint density at radius 2 is 0.943 bits per heavy atom. The summed E-state index contributed by atoms with van der Waals surface area (Å²) in [5.74, 6) is -7.86. The zero-order valence-electron chi connectivity index (χ0n) is 38.3. The third-order valence-electron chi connectivity index (χ3n) is 16.7. The van der Waals surface area contributed by atoms with E-state index in [9.17, 15) is 57.5 Å². The van der Waals surface area contributed by atoms with Gasteiger partial charge in [-0.05, 0) is 146 Å². The minimum atomic E-state index is -7.37. The van der Waals surface area contributed by atoms with Gasteiger partial charge in [-0.15, -0.1) is 12.6 Å². The average molecular weight is 1040 g/mol. The minimum Gasteiger partial charge on any atom is -0.457 e. The molecule has 8 bridgehead atoms. The predicted molar refractivity (Wildman–Crippen MR) is 240 cm³/mol. The van der Waals surface area contributed by atoms with Crippen LogP contribution >= 0.6 is 12.6 Å². The molecule has 384 valence electrons. The first-order chi connectivity index (χ1) is 32.7. The highest BCUT2D eigenvalue weighted by molar-refractivity contribution is 7.87. The zero-order chi connectivity index (χ0) is 50.8. The number of hydrogen-bond acceptors (Lipinski definition) is 9. The summed E-state index contributed by atoms with van der Waals surface area (Å²) in [6.45, 7) is 4.37. The van der Waals surface area contributed by atoms with Crippen LogP contribution in [0, 0.1) is 58.2 Å². The van der Waals surface area contributed by atoms with E-state index in [0.717, 1.165) is 50.8 Å². The Hall–Kier alpha value is -4.17. The molecule has 3 aromatic carbocycles. The molecule has 8 saturated carbocycles. The minimum absolute atomic E-state index is 0.0307. The van der Waals surface area contributed by atoms with E-state index >= 15 is 0 Å². The van der Waals surface area contributed by atoms with Gasteiger partial charge in [-0.1, -0.05) is 62.4 Å². The van der Waals surface area contributed by atoms with E-state index in [4.69, 9.17) is 36.1 Å². The smallest absolute Gasteiger partial charge is 0.457 e. The largest absolute Gasteiger partial charge is 0.460 e. The molecular weight excluding hydrogens is 980 g/mol. The van der Waals surface area contributed by atoms with Crippen molar-refractivity contribution in [3.05, 3.63) is 66.7 Å². The van der Waals surface area contributed by atoms with Gasteiger partial charge in [0.1, 0.15) is 11.5 Å². The predicted octanol–water partition coefficient (Wildman–Crippen LogP) is 13.1. The lowest BCUT2D eigenvalue weighted by molar-refractivity contribution is -0.382. The van der Waals surface area contributed by atoms with Gasteiger partial charge in [0.05, 0.1) is 12.8 Å². The second-order valence-electron chi connectivity index (χ2n) is 20.9. The van der Waals surface area contributed by atoms with Crippen molar-refractivity contribution in [2.45, 2.75) is 119 Å². The van der Waals surface area contributed by atoms with Gasteiger partial charge < -0.3 is 18.9 Å². The molecule has 11 rings (SSSR count). The van der Waals surface area contributed by atoms with Crippen LogP contribution in [0.1, 0.15) is 90.9 Å². The summed E-state index contributed by atoms with van der Waals surface area (Å²) in [7, 11) is -7.17. The zero-order valence-corrected chi connectivity index (χ0v) is 40.1. The quantitative estimate of drug-likeness (QED) is 0.0503. The number of rotatable bonds is 15. The van der Waals surface area contributed by atoms with Crippen LogP contribution in [0.2, 0.25) is 0 Å². The third kappa shape index (κ3) is 9.62. The highest BCUT2D eigenvalue weighted by atomic mass is 32.2. The number of ether oxygens (including phenoxy) is 4. The number of carbonyl (C=O) groups excluding carboxylic acids is 2. The topological polar surface area (TPSA) is 125 Å². The fourth-order valence-electron chi connectivity index (χ4n) is 13.3. The van der Waals surface area contributed by atoms with Gasteiger partial charge in [-0.25, -0.2) is 0 Å². The Kier molecular flexibility index (Phi) is 14.2. The van der Waals surface area contributed by atoms with Gasteiger partial charge in [0.15, 0.2) is 0 Å². The summed E-state index contributed by atoms with van der Waals surface area (Å²) in [6, 6.07) is 21.6. The van der Waals surface area contributed by atoms with Crippen molar-refractivity contribution in [3.63, 3.8) is 0 Å². The average Bonchev–Trinajstić information content (AvgIpc) is 3.27. The summed E-state index contributed by atoms with van der Waals surface area (Å²) < 4.78 is 158. The van der Waals surface area contributed by atoms with Crippen LogP contribution in [0.25, 0.3) is 22.3 Å². The summed E-state index contributed by atoms with van der Waals surface area (Å²) in [6.07, 6.45) is 6.75. The summed E-state index contributed by atoms with van der Waals surface area (Å²) in [5.41, 5.74) is 3.54. The summed E-state index contributed by atoms with van der Waals surface area (Å²) in [5, 5.41) is -7.00. The van der Waals surface area contributed by atoms with E-state index < -0.39 is 33.4 Å². The number of thiol groups is 1. The molecule has 0 spiro atoms. The van der Waals surface area contributed by atoms with Crippen molar-refractivity contribution < 1.29 is 81.0 Å². The standard InChI is InChI=1S/C46H54O6S.C4HF9O3S/c1-45(32-16-28-14-29(18-32)19-33(45)17-28)24-42(47)51-26-49-39-11-5-3-8-36(39)37-10-7-13-41(53)44(37)38-9-4-6-12-40(38)50-27-52-43(48)25-46(2)34-20-30-15-31(22-34)23-35(46)21-30;5-1(6,3(9,10)11)2(7,8)4(12,13)17(14,15)16/h3-13,28-35,53H,14-27H2,1-2H3;(H,14,15,16). The molecule has 8 fully saturated rings. The Morgan fingerprint density at radius 1 is 0.571 bits per heavy atom. The molecule has 0 aliphatic heterocycles. The molecule has 0 saturated heterocycles. The Morgan fingerprint density at radius 3 is 1.34 bits per heavy atom. The molecule has 0 heterocycles. The van der Waals surface area contributed by atoms with Gasteiger partial charge in [0.2, 0.25) is 13.6 Å². The van der Waals surface area contributed by atoms with E-state index in [1.165, 1.54) is 64.2 Å². The highest BCUT2D eigenvalue weighted by Gasteiger charge is 2.85. The molecule has 8 aliphatic rings. The third-order valence-corrected chi connectivity index (χ3v) is 18.0. The molecule has 20 heteroatoms. The molecule has 1 N–H and O–H groups in total. The second-order valence-corrected chi connectivity index (χ2v) is 22.8. The van der Waals surface area contributed by atoms with Gasteiger partial charge in [-0.2, -0.15) is 47.9 Å². The van der Waals surface area contributed by atoms with Crippen LogP contribution in [0.5, 0.6) is 11.5 Å². The maximum atomic E-state index is 13.3. The number of para-hydroxylation sites is 2. The highest BCUT2D eigenvalue weighted by Crippen LogP contribution is 2.65. The van der Waals surface area contributed by atoms with E-state index in [1.54, 1.807) is 0 Å². The number of carbonyl (C=O) groups is 2. The van der Waals surface area contributed by atoms with Gasteiger partial charge in [0.25, 0.3) is 0 Å². The number of benzene rings is 3. The molecule has 0 radical (unpaired) electrons. The van der Waals surface area contributed by atoms with Crippen molar-refractivity contribution in [3.8, 4) is 33.8 Å². The lowest BCUT2D eigenvalue weighted by atomic mass is 9.45. The number of halogens is 9. The summed E-state index contributed by atoms with van der Waals surface area (Å²) in [4.78, 5) is 27.3. The lowest BCUT2D eigenvalue weighted by Crippen LogP contribution is -2.63. The second kappa shape index (κ2) is 19.0. The van der Waals surface area contributed by atoms with Crippen LogP contribution in [-0.4, -0.2) is 61.8 Å². The molecule has 9 nitrogen and oxygen atoms in total. The lowest BCUT2D eigenvalue weighted by Gasteiger charge is -2.60. The van der Waals surface area contributed by atoms with Crippen LogP contribution in [-0.2, 0) is 29.2 Å². The van der Waals surface area contributed by atoms with Crippen LogP contribution in [0.15, 0.2) is 71.6 Å². The van der Waals surface area contributed by atoms with E-state index in [1.807, 2.05) is 66.7 Å². The fraction of sp³-hybridized carbons (Fsp3) is 0.600. The fourth-order valence-corrected chi connectivity index (χ4v) is 14.1. The Balaban J connectivity index is 0.000000333. The SMILES string of the molecule is CC1(CC(=O)OCOc2ccccc2-c2cccc(S)c2-c2ccccc2OCOC(=O)CC2(C)C3CC4CC(C3)CC2C4)C2CC3CC(C2)CC1C3.O=S(=O)(O)C(F)(F)C(F)(F)C(F)(F)C(F)(F)F. The Bertz CT molecular complexity index is 2490. The van der Waals surface area contributed by atoms with Crippen LogP contribution in [0.4, 0.5) is 39.5 Å².